The largest absolute Gasteiger partial charge is 0.349 e. The number of nitrogens with zero attached hydrogens (tertiary/aromatic N) is 2. The zero-order valence-corrected chi connectivity index (χ0v) is 10.3. The Morgan fingerprint density at radius 2 is 2.38 bits per heavy atom. The van der Waals surface area contributed by atoms with Crippen LogP contribution in [0.1, 0.15) is 16.9 Å². The average molecular weight is 237 g/mol. The van der Waals surface area contributed by atoms with Crippen molar-refractivity contribution < 1.29 is 4.79 Å². The van der Waals surface area contributed by atoms with Crippen LogP contribution >= 0.6 is 11.3 Å². The van der Waals surface area contributed by atoms with Crippen LogP contribution in [-0.4, -0.2) is 31.4 Å². The van der Waals surface area contributed by atoms with Crippen LogP contribution in [0.25, 0.3) is 0 Å². The first kappa shape index (κ1) is 12.7. The van der Waals surface area contributed by atoms with Crippen LogP contribution < -0.4 is 5.32 Å². The molecule has 86 valence electrons. The van der Waals surface area contributed by atoms with Crippen molar-refractivity contribution in [3.8, 4) is 6.07 Å². The highest BCUT2D eigenvalue weighted by molar-refractivity contribution is 7.10. The minimum atomic E-state index is 0.122. The fourth-order valence-corrected chi connectivity index (χ4v) is 1.94. The molecule has 5 heteroatoms. The van der Waals surface area contributed by atoms with Crippen molar-refractivity contribution in [1.82, 2.24) is 10.2 Å². The molecule has 1 N–H and O–H groups in total. The molecule has 0 aliphatic carbocycles. The van der Waals surface area contributed by atoms with Crippen LogP contribution in [-0.2, 0) is 11.3 Å². The summed E-state index contributed by atoms with van der Waals surface area (Å²) in [4.78, 5) is 14.0. The quantitative estimate of drug-likeness (QED) is 0.783. The Morgan fingerprint density at radius 3 is 2.94 bits per heavy atom. The number of hydrogen-bond acceptors (Lipinski definition) is 4. The molecule has 0 aromatic carbocycles. The Kier molecular flexibility index (Phi) is 4.96. The molecule has 4 nitrogen and oxygen atoms in total. The average Bonchev–Trinajstić information content (AvgIpc) is 2.71. The van der Waals surface area contributed by atoms with E-state index in [-0.39, 0.29) is 5.91 Å². The van der Waals surface area contributed by atoms with Gasteiger partial charge in [-0.25, -0.2) is 0 Å². The molecule has 1 rings (SSSR count). The number of amides is 1. The van der Waals surface area contributed by atoms with Crippen LogP contribution in [0.4, 0.5) is 0 Å². The third-order valence-electron chi connectivity index (χ3n) is 2.10. The molecule has 0 aliphatic heterocycles. The van der Waals surface area contributed by atoms with Gasteiger partial charge in [0.25, 0.3) is 0 Å². The van der Waals surface area contributed by atoms with Gasteiger partial charge in [0.1, 0.15) is 6.07 Å². The fourth-order valence-electron chi connectivity index (χ4n) is 1.16. The van der Waals surface area contributed by atoms with Gasteiger partial charge in [0, 0.05) is 43.9 Å². The molecule has 0 unspecified atom stereocenters. The zero-order valence-electron chi connectivity index (χ0n) is 9.49. The lowest BCUT2D eigenvalue weighted by Gasteiger charge is -2.09. The lowest BCUT2D eigenvalue weighted by molar-refractivity contribution is -0.128. The molecular weight excluding hydrogens is 222 g/mol. The number of carbonyl (C=O) groups is 1. The van der Waals surface area contributed by atoms with Crippen LogP contribution in [0.2, 0.25) is 0 Å². The Balaban J connectivity index is 2.21. The molecule has 0 saturated carbocycles. The summed E-state index contributed by atoms with van der Waals surface area (Å²) in [6, 6.07) is 3.96. The van der Waals surface area contributed by atoms with Crippen LogP contribution in [0.15, 0.2) is 11.4 Å². The lowest BCUT2D eigenvalue weighted by Crippen LogP contribution is -2.26. The van der Waals surface area contributed by atoms with E-state index in [1.807, 2.05) is 11.4 Å². The first-order valence-electron chi connectivity index (χ1n) is 5.02. The number of carbonyl (C=O) groups excluding carboxylic acids is 1. The molecule has 0 radical (unpaired) electrons. The second-order valence-corrected chi connectivity index (χ2v) is 4.62. The third kappa shape index (κ3) is 4.01. The van der Waals surface area contributed by atoms with Gasteiger partial charge in [-0.15, -0.1) is 11.3 Å². The topological polar surface area (TPSA) is 56.1 Å². The predicted molar refractivity (Wildman–Crippen MR) is 64.1 cm³/mol. The van der Waals surface area contributed by atoms with Crippen molar-refractivity contribution in [3.63, 3.8) is 0 Å². The molecule has 0 saturated heterocycles. The summed E-state index contributed by atoms with van der Waals surface area (Å²) in [5.41, 5.74) is 0.700. The fraction of sp³-hybridized carbons (Fsp3) is 0.455. The van der Waals surface area contributed by atoms with Crippen LogP contribution in [0.5, 0.6) is 0 Å². The Labute approximate surface area is 99.5 Å². The van der Waals surface area contributed by atoms with E-state index in [1.54, 1.807) is 30.3 Å². The predicted octanol–water partition coefficient (Wildman–Crippen LogP) is 1.19. The molecule has 1 aromatic rings. The summed E-state index contributed by atoms with van der Waals surface area (Å²) in [6.07, 6.45) is 0.503. The van der Waals surface area contributed by atoms with Gasteiger partial charge < -0.3 is 10.2 Å². The van der Waals surface area contributed by atoms with E-state index in [1.165, 1.54) is 0 Å². The first-order valence-corrected chi connectivity index (χ1v) is 5.90. The van der Waals surface area contributed by atoms with E-state index in [0.29, 0.717) is 25.1 Å². The zero-order chi connectivity index (χ0) is 12.0. The monoisotopic (exact) mass is 237 g/mol. The van der Waals surface area contributed by atoms with E-state index in [4.69, 9.17) is 5.26 Å². The third-order valence-corrected chi connectivity index (χ3v) is 3.03. The summed E-state index contributed by atoms with van der Waals surface area (Å²) in [5.74, 6) is 0.122. The van der Waals surface area contributed by atoms with E-state index < -0.39 is 0 Å². The van der Waals surface area contributed by atoms with Gasteiger partial charge in [-0.3, -0.25) is 4.79 Å². The molecule has 16 heavy (non-hydrogen) atoms. The Hall–Kier alpha value is -1.38. The molecule has 0 bridgehead atoms. The molecule has 0 atom stereocenters. The van der Waals surface area contributed by atoms with Gasteiger partial charge in [0.2, 0.25) is 5.91 Å². The molecule has 0 aliphatic rings. The van der Waals surface area contributed by atoms with Gasteiger partial charge in [-0.05, 0) is 6.07 Å². The molecule has 1 aromatic heterocycles. The van der Waals surface area contributed by atoms with E-state index in [2.05, 4.69) is 11.4 Å². The Morgan fingerprint density at radius 1 is 1.62 bits per heavy atom. The highest BCUT2D eigenvalue weighted by Crippen LogP contribution is 2.13. The van der Waals surface area contributed by atoms with E-state index >= 15 is 0 Å². The van der Waals surface area contributed by atoms with Crippen molar-refractivity contribution in [3.05, 3.63) is 21.9 Å². The highest BCUT2D eigenvalue weighted by Gasteiger charge is 2.03. The summed E-state index contributed by atoms with van der Waals surface area (Å²) in [7, 11) is 3.50. The van der Waals surface area contributed by atoms with Crippen molar-refractivity contribution >= 4 is 17.2 Å². The van der Waals surface area contributed by atoms with Crippen molar-refractivity contribution in [2.45, 2.75) is 13.0 Å². The lowest BCUT2D eigenvalue weighted by atomic mass is 10.3. The molecule has 0 fully saturated rings. The maximum atomic E-state index is 11.3. The smallest absolute Gasteiger partial charge is 0.223 e. The molecule has 0 spiro atoms. The maximum Gasteiger partial charge on any atom is 0.223 e. The molecule has 1 heterocycles. The summed E-state index contributed by atoms with van der Waals surface area (Å²) in [6.45, 7) is 1.38. The Bertz CT molecular complexity index is 392. The SMILES string of the molecule is CN(C)C(=O)CCNCc1cc(C#N)cs1. The number of rotatable bonds is 5. The number of thiophene rings is 1. The van der Waals surface area contributed by atoms with Gasteiger partial charge in [0.05, 0.1) is 5.56 Å². The maximum absolute atomic E-state index is 11.3. The molecule has 1 amide bonds. The van der Waals surface area contributed by atoms with Crippen LogP contribution in [0.3, 0.4) is 0 Å². The number of nitriles is 1. The molecular formula is C11H15N3OS. The second-order valence-electron chi connectivity index (χ2n) is 3.63. The summed E-state index contributed by atoms with van der Waals surface area (Å²) >= 11 is 1.56. The highest BCUT2D eigenvalue weighted by atomic mass is 32.1. The summed E-state index contributed by atoms with van der Waals surface area (Å²) < 4.78 is 0. The van der Waals surface area contributed by atoms with Crippen LogP contribution in [0, 0.1) is 11.3 Å². The van der Waals surface area contributed by atoms with E-state index in [0.717, 1.165) is 4.88 Å². The van der Waals surface area contributed by atoms with Gasteiger partial charge >= 0.3 is 0 Å². The first-order chi connectivity index (χ1) is 7.63. The normalized spacial score (nSPS) is 9.81. The van der Waals surface area contributed by atoms with E-state index in [9.17, 15) is 4.79 Å². The van der Waals surface area contributed by atoms with Gasteiger partial charge in [-0.2, -0.15) is 5.26 Å². The van der Waals surface area contributed by atoms with Gasteiger partial charge in [0.15, 0.2) is 0 Å². The minimum absolute atomic E-state index is 0.122. The van der Waals surface area contributed by atoms with Crippen molar-refractivity contribution in [1.29, 1.82) is 5.26 Å². The second kappa shape index (κ2) is 6.26. The summed E-state index contributed by atoms with van der Waals surface area (Å²) in [5, 5.41) is 13.7. The van der Waals surface area contributed by atoms with Crippen molar-refractivity contribution in [2.24, 2.45) is 0 Å². The number of nitrogens with one attached hydrogen (secondary N) is 1. The van der Waals surface area contributed by atoms with Gasteiger partial charge in [-0.1, -0.05) is 0 Å². The van der Waals surface area contributed by atoms with Crippen molar-refractivity contribution in [2.75, 3.05) is 20.6 Å². The standard InChI is InChI=1S/C11H15N3OS/c1-14(2)11(15)3-4-13-7-10-5-9(6-12)8-16-10/h5,8,13H,3-4,7H2,1-2H3. The minimum Gasteiger partial charge on any atom is -0.349 e. The number of hydrogen-bond donors (Lipinski definition) is 1.